The monoisotopic (exact) mass is 275 g/mol. The van der Waals surface area contributed by atoms with Crippen LogP contribution in [0, 0.1) is 6.92 Å². The Bertz CT molecular complexity index is 626. The molecule has 1 N–H and O–H groups in total. The Morgan fingerprint density at radius 2 is 2.15 bits per heavy atom. The number of aromatic nitrogens is 2. The van der Waals surface area contributed by atoms with Crippen LogP contribution in [0.3, 0.4) is 0 Å². The van der Waals surface area contributed by atoms with E-state index in [9.17, 15) is 4.79 Å². The van der Waals surface area contributed by atoms with Crippen molar-refractivity contribution < 1.29 is 9.90 Å². The van der Waals surface area contributed by atoms with E-state index in [2.05, 4.69) is 4.98 Å². The number of hydrogen-bond acceptors (Lipinski definition) is 3. The average molecular weight is 275 g/mol. The smallest absolute Gasteiger partial charge is 0.317 e. The second-order valence-corrected chi connectivity index (χ2v) is 6.07. The van der Waals surface area contributed by atoms with Crippen molar-refractivity contribution in [1.29, 1.82) is 0 Å². The van der Waals surface area contributed by atoms with Crippen LogP contribution in [0.4, 0.5) is 0 Å². The van der Waals surface area contributed by atoms with E-state index in [0.717, 1.165) is 16.9 Å². The molecule has 0 aliphatic rings. The molecule has 0 radical (unpaired) electrons. The molecule has 0 saturated carbocycles. The molecular weight excluding hydrogens is 254 g/mol. The van der Waals surface area contributed by atoms with Gasteiger partial charge >= 0.3 is 5.97 Å². The lowest BCUT2D eigenvalue weighted by Crippen LogP contribution is -2.43. The van der Waals surface area contributed by atoms with Gasteiger partial charge in [-0.05, 0) is 39.3 Å². The zero-order chi connectivity index (χ0) is 14.9. The van der Waals surface area contributed by atoms with Crippen LogP contribution in [0.15, 0.2) is 24.5 Å². The van der Waals surface area contributed by atoms with E-state index in [4.69, 9.17) is 5.11 Å². The largest absolute Gasteiger partial charge is 0.480 e. The molecule has 0 bridgehead atoms. The number of carboxylic acid groups (broad SMARTS) is 1. The number of rotatable bonds is 4. The Hall–Kier alpha value is -1.88. The van der Waals surface area contributed by atoms with Gasteiger partial charge in [0.1, 0.15) is 5.65 Å². The van der Waals surface area contributed by atoms with E-state index in [1.54, 1.807) is 0 Å². The third-order valence-electron chi connectivity index (χ3n) is 3.36. The van der Waals surface area contributed by atoms with Gasteiger partial charge in [-0.3, -0.25) is 9.69 Å². The zero-order valence-electron chi connectivity index (χ0n) is 12.4. The summed E-state index contributed by atoms with van der Waals surface area (Å²) in [6.07, 6.45) is 3.92. The van der Waals surface area contributed by atoms with Gasteiger partial charge in [0.15, 0.2) is 0 Å². The first-order valence-corrected chi connectivity index (χ1v) is 6.67. The maximum atomic E-state index is 11.0. The molecule has 0 aliphatic carbocycles. The molecule has 2 aromatic rings. The molecule has 5 nitrogen and oxygen atoms in total. The first kappa shape index (κ1) is 14.5. The summed E-state index contributed by atoms with van der Waals surface area (Å²) in [5.41, 5.74) is 2.70. The molecule has 0 fully saturated rings. The van der Waals surface area contributed by atoms with Crippen LogP contribution in [0.5, 0.6) is 0 Å². The Kier molecular flexibility index (Phi) is 3.81. The number of aryl methyl sites for hydroxylation is 1. The minimum Gasteiger partial charge on any atom is -0.480 e. The lowest BCUT2D eigenvalue weighted by Gasteiger charge is -2.33. The SMILES string of the molecule is Cc1cccn2cc(CN(CC(=O)O)C(C)(C)C)nc12. The van der Waals surface area contributed by atoms with E-state index in [-0.39, 0.29) is 12.1 Å². The fourth-order valence-corrected chi connectivity index (χ4v) is 2.17. The summed E-state index contributed by atoms with van der Waals surface area (Å²) in [5, 5.41) is 9.04. The Balaban J connectivity index is 2.29. The molecule has 20 heavy (non-hydrogen) atoms. The predicted octanol–water partition coefficient (Wildman–Crippen LogP) is 2.33. The quantitative estimate of drug-likeness (QED) is 0.930. The molecule has 0 aliphatic heterocycles. The Morgan fingerprint density at radius 1 is 1.45 bits per heavy atom. The molecule has 2 aromatic heterocycles. The van der Waals surface area contributed by atoms with Crippen LogP contribution in [-0.4, -0.2) is 37.4 Å². The summed E-state index contributed by atoms with van der Waals surface area (Å²) < 4.78 is 1.98. The maximum Gasteiger partial charge on any atom is 0.317 e. The second kappa shape index (κ2) is 5.25. The van der Waals surface area contributed by atoms with E-state index in [1.165, 1.54) is 0 Å². The summed E-state index contributed by atoms with van der Waals surface area (Å²) >= 11 is 0. The highest BCUT2D eigenvalue weighted by Gasteiger charge is 2.24. The van der Waals surface area contributed by atoms with E-state index >= 15 is 0 Å². The van der Waals surface area contributed by atoms with Crippen molar-refractivity contribution >= 4 is 11.6 Å². The average Bonchev–Trinajstić information content (AvgIpc) is 2.70. The summed E-state index contributed by atoms with van der Waals surface area (Å²) in [5.74, 6) is -0.820. The molecule has 0 spiro atoms. The van der Waals surface area contributed by atoms with E-state index in [0.29, 0.717) is 6.54 Å². The molecule has 5 heteroatoms. The van der Waals surface area contributed by atoms with Gasteiger partial charge in [0.05, 0.1) is 12.2 Å². The van der Waals surface area contributed by atoms with Gasteiger partial charge < -0.3 is 9.51 Å². The minimum absolute atomic E-state index is 0.0103. The van der Waals surface area contributed by atoms with Crippen LogP contribution in [0.1, 0.15) is 32.0 Å². The third-order valence-corrected chi connectivity index (χ3v) is 3.36. The fraction of sp³-hybridized carbons (Fsp3) is 0.467. The fourth-order valence-electron chi connectivity index (χ4n) is 2.17. The highest BCUT2D eigenvalue weighted by atomic mass is 16.4. The lowest BCUT2D eigenvalue weighted by molar-refractivity contribution is -0.139. The zero-order valence-corrected chi connectivity index (χ0v) is 12.4. The highest BCUT2D eigenvalue weighted by Crippen LogP contribution is 2.18. The summed E-state index contributed by atoms with van der Waals surface area (Å²) in [6.45, 7) is 8.59. The van der Waals surface area contributed by atoms with Gasteiger partial charge in [-0.2, -0.15) is 0 Å². The third kappa shape index (κ3) is 3.17. The standard InChI is InChI=1S/C15H21N3O2/c1-11-6-5-7-17-8-12(16-14(11)17)9-18(10-13(19)20)15(2,3)4/h5-8H,9-10H2,1-4H3,(H,19,20). The number of nitrogens with zero attached hydrogens (tertiary/aromatic N) is 3. The summed E-state index contributed by atoms with van der Waals surface area (Å²) in [4.78, 5) is 17.5. The van der Waals surface area contributed by atoms with Crippen LogP contribution < -0.4 is 0 Å². The first-order chi connectivity index (χ1) is 9.27. The summed E-state index contributed by atoms with van der Waals surface area (Å²) in [7, 11) is 0. The van der Waals surface area contributed by atoms with Gasteiger partial charge in [-0.15, -0.1) is 0 Å². The van der Waals surface area contributed by atoms with E-state index in [1.807, 2.05) is 61.5 Å². The topological polar surface area (TPSA) is 57.8 Å². The number of pyridine rings is 1. The van der Waals surface area contributed by atoms with Gasteiger partial charge in [-0.25, -0.2) is 4.98 Å². The number of hydrogen-bond donors (Lipinski definition) is 1. The molecule has 0 saturated heterocycles. The van der Waals surface area contributed by atoms with Crippen LogP contribution in [-0.2, 0) is 11.3 Å². The number of imidazole rings is 1. The predicted molar refractivity (Wildman–Crippen MR) is 77.7 cm³/mol. The van der Waals surface area contributed by atoms with Gasteiger partial charge in [0, 0.05) is 24.5 Å². The number of carboxylic acids is 1. The lowest BCUT2D eigenvalue weighted by atomic mass is 10.1. The van der Waals surface area contributed by atoms with Gasteiger partial charge in [-0.1, -0.05) is 6.07 Å². The first-order valence-electron chi connectivity index (χ1n) is 6.67. The van der Waals surface area contributed by atoms with Crippen LogP contribution in [0.25, 0.3) is 5.65 Å². The molecule has 2 rings (SSSR count). The molecule has 108 valence electrons. The number of aliphatic carboxylic acids is 1. The number of fused-ring (bicyclic) bond motifs is 1. The van der Waals surface area contributed by atoms with Crippen molar-refractivity contribution in [2.75, 3.05) is 6.54 Å². The van der Waals surface area contributed by atoms with Gasteiger partial charge in [0.25, 0.3) is 0 Å². The van der Waals surface area contributed by atoms with Crippen LogP contribution >= 0.6 is 0 Å². The summed E-state index contributed by atoms with van der Waals surface area (Å²) in [6, 6.07) is 4.00. The van der Waals surface area contributed by atoms with Crippen molar-refractivity contribution in [3.8, 4) is 0 Å². The van der Waals surface area contributed by atoms with Crippen molar-refractivity contribution in [1.82, 2.24) is 14.3 Å². The van der Waals surface area contributed by atoms with Gasteiger partial charge in [0.2, 0.25) is 0 Å². The molecular formula is C15H21N3O2. The van der Waals surface area contributed by atoms with Crippen molar-refractivity contribution in [3.05, 3.63) is 35.8 Å². The molecule has 0 atom stereocenters. The molecule has 0 aromatic carbocycles. The Morgan fingerprint density at radius 3 is 2.70 bits per heavy atom. The molecule has 0 amide bonds. The van der Waals surface area contributed by atoms with Crippen molar-refractivity contribution in [3.63, 3.8) is 0 Å². The normalized spacial score (nSPS) is 12.2. The van der Waals surface area contributed by atoms with Crippen LogP contribution in [0.2, 0.25) is 0 Å². The van der Waals surface area contributed by atoms with Crippen molar-refractivity contribution in [2.24, 2.45) is 0 Å². The maximum absolute atomic E-state index is 11.0. The highest BCUT2D eigenvalue weighted by molar-refractivity contribution is 5.69. The van der Waals surface area contributed by atoms with Crippen molar-refractivity contribution in [2.45, 2.75) is 39.8 Å². The Labute approximate surface area is 118 Å². The van der Waals surface area contributed by atoms with E-state index < -0.39 is 5.97 Å². The second-order valence-electron chi connectivity index (χ2n) is 6.07. The molecule has 2 heterocycles. The number of carbonyl (C=O) groups is 1. The molecule has 0 unspecified atom stereocenters. The minimum atomic E-state index is -0.820.